The maximum atomic E-state index is 12.5. The fourth-order valence-electron chi connectivity index (χ4n) is 4.73. The lowest BCUT2D eigenvalue weighted by Crippen LogP contribution is -2.48. The summed E-state index contributed by atoms with van der Waals surface area (Å²) in [5.74, 6) is -0.276. The smallest absolute Gasteiger partial charge is 0.370 e. The van der Waals surface area contributed by atoms with Crippen LogP contribution in [-0.2, 0) is 9.53 Å². The largest absolute Gasteiger partial charge is 0.501 e. The number of likely N-dealkylation sites (N-methyl/N-ethyl adjacent to an activating group) is 1. The molecule has 1 unspecified atom stereocenters. The number of benzene rings is 1. The average molecular weight is 466 g/mol. The molecule has 0 radical (unpaired) electrons. The molecule has 1 aromatic heterocycles. The number of ether oxygens (including phenoxy) is 1. The number of carbonyl (C=O) groups is 2. The number of rotatable bonds is 6. The van der Waals surface area contributed by atoms with Crippen molar-refractivity contribution in [3.8, 4) is 0 Å². The first-order valence-electron chi connectivity index (χ1n) is 11.4. The Morgan fingerprint density at radius 3 is 2.79 bits per heavy atom. The monoisotopic (exact) mass is 465 g/mol. The molecular formula is C25H29N4O3S+. The molecule has 3 aliphatic rings. The standard InChI is InChI=1S/C25H29N4O3S/c1-26-21-8-7-18(17-20(21)24(30)27(2)25(26)31)32-15-4-10-28-11-13-29(14-12-28)22-5-3-6-23-19(22)9-16-33-23/h3,5-9,16-18H,4,10-15H2,1-2H3/q+1. The van der Waals surface area contributed by atoms with Crippen molar-refractivity contribution in [3.63, 3.8) is 0 Å². The second-order valence-electron chi connectivity index (χ2n) is 8.66. The molecule has 0 saturated carbocycles. The number of fused-ring (bicyclic) bond motifs is 2. The van der Waals surface area contributed by atoms with Gasteiger partial charge in [-0.3, -0.25) is 4.90 Å². The van der Waals surface area contributed by atoms with Gasteiger partial charge in [0.15, 0.2) is 0 Å². The van der Waals surface area contributed by atoms with Gasteiger partial charge in [-0.05, 0) is 48.2 Å². The van der Waals surface area contributed by atoms with Crippen molar-refractivity contribution in [1.29, 1.82) is 0 Å². The van der Waals surface area contributed by atoms with Gasteiger partial charge in [-0.25, -0.2) is 4.79 Å². The predicted octanol–water partition coefficient (Wildman–Crippen LogP) is 2.97. The quantitative estimate of drug-likeness (QED) is 0.485. The maximum Gasteiger partial charge on any atom is 0.501 e. The molecule has 8 heteroatoms. The zero-order valence-electron chi connectivity index (χ0n) is 19.1. The van der Waals surface area contributed by atoms with E-state index in [-0.39, 0.29) is 18.0 Å². The number of hydrogen-bond donors (Lipinski definition) is 0. The van der Waals surface area contributed by atoms with Crippen LogP contribution in [0, 0.1) is 0 Å². The molecule has 1 fully saturated rings. The van der Waals surface area contributed by atoms with Crippen LogP contribution in [0.1, 0.15) is 6.42 Å². The van der Waals surface area contributed by atoms with Crippen molar-refractivity contribution in [2.75, 3.05) is 58.3 Å². The van der Waals surface area contributed by atoms with Crippen molar-refractivity contribution in [1.82, 2.24) is 9.80 Å². The molecule has 1 aromatic carbocycles. The van der Waals surface area contributed by atoms with Crippen LogP contribution in [-0.4, -0.2) is 91.6 Å². The first kappa shape index (κ1) is 22.0. The molecule has 2 aromatic rings. The number of amides is 3. The summed E-state index contributed by atoms with van der Waals surface area (Å²) in [7, 11) is 3.19. The van der Waals surface area contributed by atoms with Crippen molar-refractivity contribution >= 4 is 44.8 Å². The van der Waals surface area contributed by atoms with Crippen molar-refractivity contribution in [2.45, 2.75) is 12.5 Å². The molecule has 172 valence electrons. The summed E-state index contributed by atoms with van der Waals surface area (Å²) < 4.78 is 8.86. The van der Waals surface area contributed by atoms with Gasteiger partial charge in [0.25, 0.3) is 0 Å². The van der Waals surface area contributed by atoms with Gasteiger partial charge >= 0.3 is 11.9 Å². The lowest BCUT2D eigenvalue weighted by atomic mass is 9.99. The van der Waals surface area contributed by atoms with Gasteiger partial charge < -0.3 is 9.64 Å². The third-order valence-corrected chi connectivity index (χ3v) is 7.52. The third kappa shape index (κ3) is 4.26. The van der Waals surface area contributed by atoms with E-state index in [0.717, 1.165) is 44.0 Å². The molecule has 1 saturated heterocycles. The second kappa shape index (κ2) is 9.21. The SMILES string of the molecule is CN1C(=O)C2=CC(OCCCN3CCN(c4cccc5sccc45)CC3)C=CC2=[N+](C)C1=O. The van der Waals surface area contributed by atoms with E-state index in [0.29, 0.717) is 17.9 Å². The van der Waals surface area contributed by atoms with Crippen LogP contribution in [0.25, 0.3) is 10.1 Å². The number of imide groups is 1. The van der Waals surface area contributed by atoms with E-state index in [1.165, 1.54) is 27.4 Å². The average Bonchev–Trinajstić information content (AvgIpc) is 3.33. The van der Waals surface area contributed by atoms with Gasteiger partial charge in [0, 0.05) is 55.1 Å². The molecule has 33 heavy (non-hydrogen) atoms. The van der Waals surface area contributed by atoms with Gasteiger partial charge in [0.1, 0.15) is 11.3 Å². The molecule has 0 N–H and O–H groups in total. The molecule has 7 nitrogen and oxygen atoms in total. The van der Waals surface area contributed by atoms with Crippen LogP contribution in [0.2, 0.25) is 0 Å². The Labute approximate surface area is 197 Å². The number of anilines is 1. The van der Waals surface area contributed by atoms with Crippen molar-refractivity contribution in [3.05, 3.63) is 53.4 Å². The minimum atomic E-state index is -0.316. The summed E-state index contributed by atoms with van der Waals surface area (Å²) in [5, 5.41) is 3.53. The lowest BCUT2D eigenvalue weighted by Gasteiger charge is -2.36. The predicted molar refractivity (Wildman–Crippen MR) is 131 cm³/mol. The van der Waals surface area contributed by atoms with Crippen LogP contribution < -0.4 is 4.90 Å². The molecule has 5 rings (SSSR count). The Morgan fingerprint density at radius 2 is 1.97 bits per heavy atom. The minimum Gasteiger partial charge on any atom is -0.370 e. The lowest BCUT2D eigenvalue weighted by molar-refractivity contribution is -0.401. The summed E-state index contributed by atoms with van der Waals surface area (Å²) >= 11 is 1.80. The molecule has 1 atom stereocenters. The Bertz CT molecular complexity index is 1170. The number of piperazine rings is 1. The summed E-state index contributed by atoms with van der Waals surface area (Å²) in [6.07, 6.45) is 6.24. The van der Waals surface area contributed by atoms with E-state index in [1.54, 1.807) is 18.4 Å². The Morgan fingerprint density at radius 1 is 1.15 bits per heavy atom. The molecular weight excluding hydrogens is 436 g/mol. The van der Waals surface area contributed by atoms with Crippen LogP contribution in [0.5, 0.6) is 0 Å². The number of allylic oxidation sites excluding steroid dienone is 1. The number of carbonyl (C=O) groups excluding carboxylic acids is 2. The highest BCUT2D eigenvalue weighted by atomic mass is 32.1. The topological polar surface area (TPSA) is 56.1 Å². The molecule has 2 aliphatic heterocycles. The van der Waals surface area contributed by atoms with E-state index in [2.05, 4.69) is 39.4 Å². The summed E-state index contributed by atoms with van der Waals surface area (Å²) in [6, 6.07) is 8.49. The molecule has 3 heterocycles. The highest BCUT2D eigenvalue weighted by Gasteiger charge is 2.41. The number of thiophene rings is 1. The zero-order valence-corrected chi connectivity index (χ0v) is 19.9. The van der Waals surface area contributed by atoms with Crippen LogP contribution >= 0.6 is 11.3 Å². The van der Waals surface area contributed by atoms with E-state index in [4.69, 9.17) is 4.74 Å². The van der Waals surface area contributed by atoms with E-state index < -0.39 is 0 Å². The fraction of sp³-hybridized carbons (Fsp3) is 0.400. The highest BCUT2D eigenvalue weighted by Crippen LogP contribution is 2.31. The summed E-state index contributed by atoms with van der Waals surface area (Å²) in [6.45, 7) is 5.80. The van der Waals surface area contributed by atoms with Gasteiger partial charge in [-0.2, -0.15) is 14.3 Å². The number of nitrogens with zero attached hydrogens (tertiary/aromatic N) is 4. The minimum absolute atomic E-state index is 0.245. The molecule has 1 aliphatic carbocycles. The van der Waals surface area contributed by atoms with Gasteiger partial charge in [0.05, 0.1) is 20.2 Å². The van der Waals surface area contributed by atoms with E-state index in [9.17, 15) is 9.59 Å². The zero-order chi connectivity index (χ0) is 22.9. The summed E-state index contributed by atoms with van der Waals surface area (Å²) in [4.78, 5) is 30.7. The van der Waals surface area contributed by atoms with Crippen LogP contribution in [0.4, 0.5) is 10.5 Å². The van der Waals surface area contributed by atoms with Gasteiger partial charge in [-0.1, -0.05) is 6.07 Å². The molecule has 3 amide bonds. The number of urea groups is 1. The number of hydrogen-bond acceptors (Lipinski definition) is 6. The molecule has 0 bridgehead atoms. The van der Waals surface area contributed by atoms with E-state index in [1.807, 2.05) is 18.2 Å². The normalized spacial score (nSPS) is 21.8. The first-order valence-corrected chi connectivity index (χ1v) is 12.3. The van der Waals surface area contributed by atoms with Crippen LogP contribution in [0.15, 0.2) is 53.4 Å². The summed E-state index contributed by atoms with van der Waals surface area (Å²) in [5.41, 5.74) is 2.52. The fourth-order valence-corrected chi connectivity index (χ4v) is 5.53. The van der Waals surface area contributed by atoms with Gasteiger partial charge in [0.2, 0.25) is 0 Å². The van der Waals surface area contributed by atoms with Crippen LogP contribution in [0.3, 0.4) is 0 Å². The van der Waals surface area contributed by atoms with E-state index >= 15 is 0 Å². The first-order chi connectivity index (χ1) is 16.0. The Kier molecular flexibility index (Phi) is 6.14. The van der Waals surface area contributed by atoms with Crippen molar-refractivity contribution in [2.24, 2.45) is 0 Å². The third-order valence-electron chi connectivity index (χ3n) is 6.64. The Hall–Kier alpha value is -2.81. The van der Waals surface area contributed by atoms with Crippen molar-refractivity contribution < 1.29 is 18.9 Å². The highest BCUT2D eigenvalue weighted by molar-refractivity contribution is 7.17. The maximum absolute atomic E-state index is 12.5. The second-order valence-corrected chi connectivity index (χ2v) is 9.61. The molecule has 0 spiro atoms. The Balaban J connectivity index is 1.09. The van der Waals surface area contributed by atoms with Gasteiger partial charge in [-0.15, -0.1) is 11.3 Å².